The van der Waals surface area contributed by atoms with Crippen LogP contribution in [-0.4, -0.2) is 46.7 Å². The molecule has 1 aromatic rings. The van der Waals surface area contributed by atoms with Crippen LogP contribution in [0.15, 0.2) is 10.6 Å². The van der Waals surface area contributed by atoms with E-state index in [1.165, 1.54) is 45.1 Å². The van der Waals surface area contributed by atoms with Crippen LogP contribution in [0, 0.1) is 5.92 Å². The molecule has 0 aromatic carbocycles. The van der Waals surface area contributed by atoms with Crippen LogP contribution in [0.5, 0.6) is 0 Å². The van der Waals surface area contributed by atoms with Crippen LogP contribution in [0.3, 0.4) is 0 Å². The van der Waals surface area contributed by atoms with Crippen LogP contribution in [0.25, 0.3) is 0 Å². The molecule has 3 aliphatic rings. The first kappa shape index (κ1) is 18.0. The lowest BCUT2D eigenvalue weighted by Gasteiger charge is -2.41. The number of nitrogens with one attached hydrogen (secondary N) is 1. The van der Waals surface area contributed by atoms with Crippen molar-refractivity contribution in [2.45, 2.75) is 88.9 Å². The summed E-state index contributed by atoms with van der Waals surface area (Å²) in [5.74, 6) is 1.48. The molecule has 3 N–H and O–H groups in total. The first-order valence-electron chi connectivity index (χ1n) is 10.4. The number of hydrogen-bond donors (Lipinski definition) is 2. The van der Waals surface area contributed by atoms with Gasteiger partial charge in [-0.1, -0.05) is 12.1 Å². The van der Waals surface area contributed by atoms with Gasteiger partial charge in [0, 0.05) is 43.2 Å². The predicted molar refractivity (Wildman–Crippen MR) is 99.8 cm³/mol. The van der Waals surface area contributed by atoms with E-state index in [1.807, 2.05) is 6.92 Å². The van der Waals surface area contributed by atoms with Gasteiger partial charge in [-0.3, -0.25) is 9.69 Å². The summed E-state index contributed by atoms with van der Waals surface area (Å²) in [6, 6.07) is 3.69. The van der Waals surface area contributed by atoms with Crippen molar-refractivity contribution in [1.29, 1.82) is 0 Å². The molecule has 2 saturated heterocycles. The van der Waals surface area contributed by atoms with Crippen molar-refractivity contribution < 1.29 is 9.32 Å². The van der Waals surface area contributed by atoms with Crippen LogP contribution in [0.1, 0.15) is 74.5 Å². The van der Waals surface area contributed by atoms with Gasteiger partial charge in [0.2, 0.25) is 0 Å². The van der Waals surface area contributed by atoms with Gasteiger partial charge in [-0.15, -0.1) is 0 Å². The molecule has 2 bridgehead atoms. The molecule has 1 amide bonds. The second-order valence-electron chi connectivity index (χ2n) is 8.54. The largest absolute Gasteiger partial charge is 0.361 e. The van der Waals surface area contributed by atoms with Crippen LogP contribution < -0.4 is 11.1 Å². The lowest BCUT2D eigenvalue weighted by Crippen LogP contribution is -2.51. The van der Waals surface area contributed by atoms with Gasteiger partial charge >= 0.3 is 0 Å². The van der Waals surface area contributed by atoms with E-state index in [9.17, 15) is 4.79 Å². The van der Waals surface area contributed by atoms with Crippen LogP contribution >= 0.6 is 0 Å². The van der Waals surface area contributed by atoms with Gasteiger partial charge in [-0.05, 0) is 57.3 Å². The van der Waals surface area contributed by atoms with Gasteiger partial charge in [0.1, 0.15) is 5.76 Å². The van der Waals surface area contributed by atoms with Gasteiger partial charge < -0.3 is 15.6 Å². The molecule has 6 heteroatoms. The van der Waals surface area contributed by atoms with Gasteiger partial charge in [0.15, 0.2) is 5.69 Å². The van der Waals surface area contributed by atoms with Crippen LogP contribution in [-0.2, 0) is 6.42 Å². The zero-order valence-corrected chi connectivity index (χ0v) is 15.8. The van der Waals surface area contributed by atoms with Crippen molar-refractivity contribution in [2.24, 2.45) is 11.7 Å². The highest BCUT2D eigenvalue weighted by molar-refractivity contribution is 5.92. The standard InChI is InChI=1S/C20H32N4O2/c1-2-18-11-19(23-26-18)20(25)22-15-9-16-7-8-17(10-15)24(16)12-13-3-5-14(21)6-4-13/h11,13-17H,2-10,12,21H2,1H3,(H,22,25)/t13?,14?,15?,16-,17+. The normalized spacial score (nSPS) is 34.8. The molecule has 1 aliphatic carbocycles. The molecule has 144 valence electrons. The zero-order chi connectivity index (χ0) is 18.1. The second kappa shape index (κ2) is 7.69. The Morgan fingerprint density at radius 3 is 2.54 bits per heavy atom. The molecule has 26 heavy (non-hydrogen) atoms. The molecule has 2 aliphatic heterocycles. The van der Waals surface area contributed by atoms with E-state index in [1.54, 1.807) is 6.07 Å². The van der Waals surface area contributed by atoms with Crippen molar-refractivity contribution in [3.63, 3.8) is 0 Å². The molecule has 1 saturated carbocycles. The number of nitrogens with zero attached hydrogens (tertiary/aromatic N) is 2. The number of hydrogen-bond acceptors (Lipinski definition) is 5. The lowest BCUT2D eigenvalue weighted by molar-refractivity contribution is 0.0750. The molecule has 6 nitrogen and oxygen atoms in total. The highest BCUT2D eigenvalue weighted by Gasteiger charge is 2.42. The van der Waals surface area contributed by atoms with E-state index in [0.29, 0.717) is 23.8 Å². The van der Waals surface area contributed by atoms with Crippen molar-refractivity contribution in [3.8, 4) is 0 Å². The van der Waals surface area contributed by atoms with Crippen molar-refractivity contribution in [3.05, 3.63) is 17.5 Å². The summed E-state index contributed by atoms with van der Waals surface area (Å²) in [5, 5.41) is 7.10. The van der Waals surface area contributed by atoms with E-state index in [-0.39, 0.29) is 11.9 Å². The molecule has 3 fully saturated rings. The SMILES string of the molecule is CCc1cc(C(=O)NC2C[C@H]3CC[C@@H](C2)N3CC2CCC(N)CC2)no1. The van der Waals surface area contributed by atoms with Gasteiger partial charge in [-0.2, -0.15) is 0 Å². The molecule has 3 heterocycles. The fourth-order valence-corrected chi connectivity index (χ4v) is 5.21. The van der Waals surface area contributed by atoms with E-state index in [2.05, 4.69) is 15.4 Å². The summed E-state index contributed by atoms with van der Waals surface area (Å²) < 4.78 is 5.16. The summed E-state index contributed by atoms with van der Waals surface area (Å²) in [6.07, 6.45) is 10.4. The first-order chi connectivity index (χ1) is 12.6. The number of nitrogens with two attached hydrogens (primary N) is 1. The van der Waals surface area contributed by atoms with Crippen molar-refractivity contribution >= 4 is 5.91 Å². The number of aryl methyl sites for hydroxylation is 1. The molecule has 0 spiro atoms. The van der Waals surface area contributed by atoms with E-state index >= 15 is 0 Å². The molecule has 3 atom stereocenters. The molecular weight excluding hydrogens is 328 g/mol. The summed E-state index contributed by atoms with van der Waals surface area (Å²) >= 11 is 0. The fourth-order valence-electron chi connectivity index (χ4n) is 5.21. The molecule has 1 unspecified atom stereocenters. The van der Waals surface area contributed by atoms with E-state index in [4.69, 9.17) is 10.3 Å². The Balaban J connectivity index is 1.31. The Kier molecular flexibility index (Phi) is 5.32. The maximum Gasteiger partial charge on any atom is 0.273 e. The minimum atomic E-state index is -0.0902. The monoisotopic (exact) mass is 360 g/mol. The Labute approximate surface area is 155 Å². The fraction of sp³-hybridized carbons (Fsp3) is 0.800. The Hall–Kier alpha value is -1.40. The van der Waals surface area contributed by atoms with E-state index in [0.717, 1.165) is 30.9 Å². The van der Waals surface area contributed by atoms with E-state index < -0.39 is 0 Å². The summed E-state index contributed by atoms with van der Waals surface area (Å²) in [4.78, 5) is 15.2. The summed E-state index contributed by atoms with van der Waals surface area (Å²) in [6.45, 7) is 3.22. The summed E-state index contributed by atoms with van der Waals surface area (Å²) in [5.41, 5.74) is 6.47. The second-order valence-corrected chi connectivity index (χ2v) is 8.54. The number of amides is 1. The number of piperidine rings is 1. The van der Waals surface area contributed by atoms with Crippen LogP contribution in [0.2, 0.25) is 0 Å². The Morgan fingerprint density at radius 2 is 1.92 bits per heavy atom. The number of carbonyl (C=O) groups is 1. The average molecular weight is 361 g/mol. The molecule has 1 aromatic heterocycles. The van der Waals surface area contributed by atoms with Crippen LogP contribution in [0.4, 0.5) is 0 Å². The number of rotatable bonds is 5. The van der Waals surface area contributed by atoms with Crippen molar-refractivity contribution in [2.75, 3.05) is 6.54 Å². The maximum atomic E-state index is 12.4. The topological polar surface area (TPSA) is 84.4 Å². The van der Waals surface area contributed by atoms with Gasteiger partial charge in [0.05, 0.1) is 0 Å². The number of fused-ring (bicyclic) bond motifs is 2. The zero-order valence-electron chi connectivity index (χ0n) is 15.8. The Bertz CT molecular complexity index is 609. The predicted octanol–water partition coefficient (Wildman–Crippen LogP) is 2.48. The smallest absolute Gasteiger partial charge is 0.273 e. The summed E-state index contributed by atoms with van der Waals surface area (Å²) in [7, 11) is 0. The maximum absolute atomic E-state index is 12.4. The molecular formula is C20H32N4O2. The molecule has 0 radical (unpaired) electrons. The minimum absolute atomic E-state index is 0.0902. The Morgan fingerprint density at radius 1 is 1.23 bits per heavy atom. The number of aromatic nitrogens is 1. The van der Waals surface area contributed by atoms with Crippen molar-refractivity contribution in [1.82, 2.24) is 15.4 Å². The highest BCUT2D eigenvalue weighted by atomic mass is 16.5. The third-order valence-corrected chi connectivity index (χ3v) is 6.72. The number of carbonyl (C=O) groups excluding carboxylic acids is 1. The highest BCUT2D eigenvalue weighted by Crippen LogP contribution is 2.38. The third kappa shape index (κ3) is 3.81. The first-order valence-corrected chi connectivity index (χ1v) is 10.4. The minimum Gasteiger partial charge on any atom is -0.361 e. The quantitative estimate of drug-likeness (QED) is 0.843. The molecule has 4 rings (SSSR count). The third-order valence-electron chi connectivity index (χ3n) is 6.72. The lowest BCUT2D eigenvalue weighted by atomic mass is 9.85. The van der Waals surface area contributed by atoms with Gasteiger partial charge in [-0.25, -0.2) is 0 Å². The average Bonchev–Trinajstić information content (AvgIpc) is 3.20. The van der Waals surface area contributed by atoms with Gasteiger partial charge in [0.25, 0.3) is 5.91 Å².